The molecule has 29 heavy (non-hydrogen) atoms. The van der Waals surface area contributed by atoms with Crippen molar-refractivity contribution in [1.82, 2.24) is 0 Å². The van der Waals surface area contributed by atoms with Gasteiger partial charge in [0, 0.05) is 0 Å². The maximum Gasteiger partial charge on any atom is 0.206 e. The fourth-order valence-corrected chi connectivity index (χ4v) is 8.02. The molecule has 2 aromatic rings. The third kappa shape index (κ3) is 5.40. The third-order valence-electron chi connectivity index (χ3n) is 4.20. The van der Waals surface area contributed by atoms with Crippen LogP contribution in [-0.2, 0) is 19.3 Å². The van der Waals surface area contributed by atoms with Gasteiger partial charge >= 0.3 is 0 Å². The van der Waals surface area contributed by atoms with Crippen molar-refractivity contribution in [3.05, 3.63) is 40.4 Å². The Balaban J connectivity index is 1.61. The van der Waals surface area contributed by atoms with Gasteiger partial charge in [-0.25, -0.2) is 8.42 Å². The Morgan fingerprint density at radius 3 is 1.55 bits per heavy atom. The highest BCUT2D eigenvalue weighted by Gasteiger charge is 2.27. The molecule has 0 spiro atoms. The molecule has 156 valence electrons. The van der Waals surface area contributed by atoms with Crippen molar-refractivity contribution in [2.24, 2.45) is 0 Å². The predicted octanol–water partition coefficient (Wildman–Crippen LogP) is 4.81. The molecule has 0 saturated carbocycles. The van der Waals surface area contributed by atoms with E-state index in [1.807, 2.05) is 0 Å². The van der Waals surface area contributed by atoms with Gasteiger partial charge in [-0.3, -0.25) is 0 Å². The molecule has 0 aliphatic carbocycles. The van der Waals surface area contributed by atoms with Crippen LogP contribution >= 0.6 is 77.0 Å². The molecular weight excluding hydrogens is 758 g/mol. The lowest BCUT2D eigenvalue weighted by atomic mass is 10.3. The zero-order chi connectivity index (χ0) is 20.8. The summed E-state index contributed by atoms with van der Waals surface area (Å²) in [6, 6.07) is 6.35. The molecule has 2 aliphatic rings. The van der Waals surface area contributed by atoms with E-state index < -0.39 is 9.84 Å². The van der Waals surface area contributed by atoms with Gasteiger partial charge < -0.3 is 18.9 Å². The van der Waals surface area contributed by atoms with Crippen molar-refractivity contribution >= 4 is 86.9 Å². The van der Waals surface area contributed by atoms with Crippen molar-refractivity contribution < 1.29 is 27.4 Å². The summed E-state index contributed by atoms with van der Waals surface area (Å²) < 4.78 is 50.9. The Bertz CT molecular complexity index is 931. The van der Waals surface area contributed by atoms with E-state index in [0.29, 0.717) is 54.0 Å². The van der Waals surface area contributed by atoms with Crippen LogP contribution in [0, 0.1) is 7.14 Å². The fourth-order valence-electron chi connectivity index (χ4n) is 2.48. The summed E-state index contributed by atoms with van der Waals surface area (Å²) in [5.41, 5.74) is 0. The van der Waals surface area contributed by atoms with E-state index in [2.05, 4.69) is 77.0 Å². The van der Waals surface area contributed by atoms with Gasteiger partial charge in [0.05, 0.1) is 39.1 Å². The Morgan fingerprint density at radius 2 is 1.24 bits per heavy atom. The van der Waals surface area contributed by atoms with E-state index in [1.165, 1.54) is 0 Å². The van der Waals surface area contributed by atoms with Gasteiger partial charge in [-0.1, -0.05) is 0 Å². The number of benzene rings is 2. The van der Waals surface area contributed by atoms with Crippen molar-refractivity contribution in [2.45, 2.75) is 22.0 Å². The number of rotatable bonds is 8. The van der Waals surface area contributed by atoms with Crippen molar-refractivity contribution in [3.63, 3.8) is 0 Å². The molecular formula is C18H14Br2I2O6S. The van der Waals surface area contributed by atoms with E-state index in [1.54, 1.807) is 24.3 Å². The summed E-state index contributed by atoms with van der Waals surface area (Å²) in [4.78, 5) is 0.373. The molecule has 0 bridgehead atoms. The minimum atomic E-state index is -3.73. The van der Waals surface area contributed by atoms with Crippen molar-refractivity contribution in [3.8, 4) is 11.5 Å². The quantitative estimate of drug-likeness (QED) is 0.284. The number of ether oxygens (including phenoxy) is 4. The monoisotopic (exact) mass is 770 g/mol. The van der Waals surface area contributed by atoms with Gasteiger partial charge in [0.15, 0.2) is 0 Å². The van der Waals surface area contributed by atoms with E-state index in [0.717, 1.165) is 0 Å². The summed E-state index contributed by atoms with van der Waals surface area (Å²) in [7, 11) is -3.73. The second-order valence-corrected chi connectivity index (χ2v) is 12.5. The number of halogens is 4. The average Bonchev–Trinajstić information content (AvgIpc) is 3.54. The largest absolute Gasteiger partial charge is 0.488 e. The fraction of sp³-hybridized carbons (Fsp3) is 0.333. The van der Waals surface area contributed by atoms with Crippen LogP contribution in [0.5, 0.6) is 11.5 Å². The average molecular weight is 772 g/mol. The molecule has 2 aliphatic heterocycles. The molecule has 2 heterocycles. The van der Waals surface area contributed by atoms with Gasteiger partial charge in [-0.2, -0.15) is 0 Å². The zero-order valence-corrected chi connectivity index (χ0v) is 23.0. The highest BCUT2D eigenvalue weighted by Crippen LogP contribution is 2.39. The molecule has 2 atom stereocenters. The number of hydrogen-bond donors (Lipinski definition) is 0. The van der Waals surface area contributed by atoms with Gasteiger partial charge in [0.1, 0.15) is 36.9 Å². The minimum Gasteiger partial charge on any atom is -0.488 e. The minimum absolute atomic E-state index is 0.118. The van der Waals surface area contributed by atoms with E-state index in [9.17, 15) is 8.42 Å². The zero-order valence-electron chi connectivity index (χ0n) is 14.7. The van der Waals surface area contributed by atoms with Crippen LogP contribution in [0.15, 0.2) is 43.0 Å². The third-order valence-corrected chi connectivity index (χ3v) is 8.69. The first-order chi connectivity index (χ1) is 13.8. The summed E-state index contributed by atoms with van der Waals surface area (Å²) in [6.45, 7) is 2.28. The van der Waals surface area contributed by atoms with Gasteiger partial charge in [0.2, 0.25) is 9.84 Å². The predicted molar refractivity (Wildman–Crippen MR) is 130 cm³/mol. The Morgan fingerprint density at radius 1 is 0.862 bits per heavy atom. The molecule has 11 heteroatoms. The van der Waals surface area contributed by atoms with Crippen LogP contribution < -0.4 is 9.47 Å². The first-order valence-corrected chi connectivity index (χ1v) is 13.7. The van der Waals surface area contributed by atoms with E-state index in [4.69, 9.17) is 18.9 Å². The Labute approximate surface area is 212 Å². The molecule has 0 unspecified atom stereocenters. The van der Waals surface area contributed by atoms with Crippen LogP contribution in [0.25, 0.3) is 0 Å². The van der Waals surface area contributed by atoms with Gasteiger partial charge in [0.25, 0.3) is 0 Å². The molecule has 2 saturated heterocycles. The van der Waals surface area contributed by atoms with Gasteiger partial charge in [-0.15, -0.1) is 0 Å². The number of sulfone groups is 1. The van der Waals surface area contributed by atoms with Crippen LogP contribution in [-0.4, -0.2) is 47.1 Å². The lowest BCUT2D eigenvalue weighted by Crippen LogP contribution is -2.09. The molecule has 2 aromatic carbocycles. The van der Waals surface area contributed by atoms with Crippen LogP contribution in [0.1, 0.15) is 0 Å². The lowest BCUT2D eigenvalue weighted by molar-refractivity contribution is 0.260. The molecule has 2 fully saturated rings. The first kappa shape index (κ1) is 22.5. The SMILES string of the molecule is O=S(=O)(c1cc(Br)c(OC[C@H]2CO2)c(I)c1)c1cc(Br)c(OC[C@H]2CO2)c(I)c1. The standard InChI is InChI=1S/C18H14Br2I2O6S/c19-13-1-11(3-15(21)17(13)27-7-9-5-25-9)29(23,24)12-2-14(20)18(16(22)4-12)28-8-10-6-26-10/h1-4,9-10H,5-8H2/t9-,10-/m1/s1. The molecule has 4 rings (SSSR count). The highest BCUT2D eigenvalue weighted by molar-refractivity contribution is 14.1. The molecule has 0 aromatic heterocycles. The van der Waals surface area contributed by atoms with E-state index >= 15 is 0 Å². The molecule has 0 amide bonds. The number of epoxide rings is 2. The Hall–Kier alpha value is 0.330. The molecule has 0 N–H and O–H groups in total. The Kier molecular flexibility index (Phi) is 7.04. The summed E-state index contributed by atoms with van der Waals surface area (Å²) in [5, 5.41) is 0. The lowest BCUT2D eigenvalue weighted by Gasteiger charge is -2.14. The van der Waals surface area contributed by atoms with Crippen LogP contribution in [0.3, 0.4) is 0 Å². The molecule has 6 nitrogen and oxygen atoms in total. The number of hydrogen-bond acceptors (Lipinski definition) is 6. The second kappa shape index (κ2) is 9.06. The second-order valence-electron chi connectivity index (χ2n) is 6.47. The van der Waals surface area contributed by atoms with Crippen LogP contribution in [0.2, 0.25) is 0 Å². The van der Waals surface area contributed by atoms with Crippen molar-refractivity contribution in [1.29, 1.82) is 0 Å². The first-order valence-electron chi connectivity index (χ1n) is 8.47. The summed E-state index contributed by atoms with van der Waals surface area (Å²) in [5.74, 6) is 1.23. The van der Waals surface area contributed by atoms with Crippen molar-refractivity contribution in [2.75, 3.05) is 26.4 Å². The maximum atomic E-state index is 13.2. The summed E-state index contributed by atoms with van der Waals surface area (Å²) in [6.07, 6.45) is 0.237. The maximum absolute atomic E-state index is 13.2. The van der Waals surface area contributed by atoms with Crippen LogP contribution in [0.4, 0.5) is 0 Å². The smallest absolute Gasteiger partial charge is 0.206 e. The summed E-state index contributed by atoms with van der Waals surface area (Å²) >= 11 is 11.0. The van der Waals surface area contributed by atoms with E-state index in [-0.39, 0.29) is 22.0 Å². The molecule has 0 radical (unpaired) electrons. The normalized spacial score (nSPS) is 20.4. The highest BCUT2D eigenvalue weighted by atomic mass is 127. The topological polar surface area (TPSA) is 77.7 Å². The van der Waals surface area contributed by atoms with Gasteiger partial charge in [-0.05, 0) is 101 Å².